The van der Waals surface area contributed by atoms with Gasteiger partial charge in [-0.2, -0.15) is 0 Å². The molecule has 0 spiro atoms. The molecule has 0 atom stereocenters. The number of rotatable bonds is 5. The second-order valence-electron chi connectivity index (χ2n) is 6.30. The number of nitrogens with zero attached hydrogens (tertiary/aromatic N) is 3. The standard InChI is InChI=1S/C19H23N3O2S/c1-6-13(7-2)22(5)19(23)14-10-15(16-9-8-11(3)25-16)20-18-17(14)12(4)21-24-18/h8-10,13H,6-7H2,1-5H3. The molecule has 0 bridgehead atoms. The van der Waals surface area contributed by atoms with E-state index >= 15 is 0 Å². The highest BCUT2D eigenvalue weighted by Crippen LogP contribution is 2.31. The number of carbonyl (C=O) groups is 1. The van der Waals surface area contributed by atoms with E-state index in [1.165, 1.54) is 4.88 Å². The van der Waals surface area contributed by atoms with Gasteiger partial charge >= 0.3 is 0 Å². The van der Waals surface area contributed by atoms with Gasteiger partial charge in [-0.15, -0.1) is 11.3 Å². The molecule has 0 fully saturated rings. The zero-order valence-corrected chi connectivity index (χ0v) is 16.1. The summed E-state index contributed by atoms with van der Waals surface area (Å²) in [4.78, 5) is 21.8. The molecule has 0 radical (unpaired) electrons. The molecule has 0 saturated heterocycles. The van der Waals surface area contributed by atoms with Crippen molar-refractivity contribution in [3.63, 3.8) is 0 Å². The summed E-state index contributed by atoms with van der Waals surface area (Å²) in [5, 5.41) is 4.73. The first-order chi connectivity index (χ1) is 12.0. The molecule has 0 saturated carbocycles. The predicted octanol–water partition coefficient (Wildman–Crippen LogP) is 4.83. The van der Waals surface area contributed by atoms with Crippen LogP contribution in [0.15, 0.2) is 22.7 Å². The molecule has 0 aliphatic heterocycles. The summed E-state index contributed by atoms with van der Waals surface area (Å²) in [7, 11) is 1.87. The predicted molar refractivity (Wildman–Crippen MR) is 101 cm³/mol. The summed E-state index contributed by atoms with van der Waals surface area (Å²) in [6.07, 6.45) is 1.85. The molecule has 3 aromatic rings. The van der Waals surface area contributed by atoms with E-state index in [1.54, 1.807) is 11.3 Å². The highest BCUT2D eigenvalue weighted by molar-refractivity contribution is 7.15. The normalized spacial score (nSPS) is 11.4. The second kappa shape index (κ2) is 6.96. The van der Waals surface area contributed by atoms with Crippen LogP contribution in [0.1, 0.15) is 47.6 Å². The van der Waals surface area contributed by atoms with Crippen molar-refractivity contribution in [1.29, 1.82) is 0 Å². The van der Waals surface area contributed by atoms with Gasteiger partial charge in [0, 0.05) is 18.0 Å². The molecule has 132 valence electrons. The fourth-order valence-electron chi connectivity index (χ4n) is 3.15. The maximum atomic E-state index is 13.2. The quantitative estimate of drug-likeness (QED) is 0.656. The van der Waals surface area contributed by atoms with Crippen LogP contribution in [0, 0.1) is 13.8 Å². The maximum absolute atomic E-state index is 13.2. The molecule has 5 nitrogen and oxygen atoms in total. The number of hydrogen-bond donors (Lipinski definition) is 0. The van der Waals surface area contributed by atoms with Crippen molar-refractivity contribution in [1.82, 2.24) is 15.0 Å². The Morgan fingerprint density at radius 2 is 2.00 bits per heavy atom. The van der Waals surface area contributed by atoms with Crippen molar-refractivity contribution in [3.05, 3.63) is 34.3 Å². The Hall–Kier alpha value is -2.21. The molecule has 1 amide bonds. The van der Waals surface area contributed by atoms with Crippen molar-refractivity contribution >= 4 is 28.3 Å². The van der Waals surface area contributed by atoms with E-state index in [9.17, 15) is 4.79 Å². The number of aromatic nitrogens is 2. The third-order valence-corrected chi connectivity index (χ3v) is 5.67. The summed E-state index contributed by atoms with van der Waals surface area (Å²) >= 11 is 1.65. The molecule has 3 aromatic heterocycles. The molecule has 3 heterocycles. The van der Waals surface area contributed by atoms with Crippen LogP contribution in [-0.2, 0) is 0 Å². The number of thiophene rings is 1. The van der Waals surface area contributed by atoms with Crippen molar-refractivity contribution in [2.45, 2.75) is 46.6 Å². The first kappa shape index (κ1) is 17.6. The summed E-state index contributed by atoms with van der Waals surface area (Å²) in [6, 6.07) is 6.16. The molecule has 25 heavy (non-hydrogen) atoms. The Morgan fingerprint density at radius 3 is 2.60 bits per heavy atom. The van der Waals surface area contributed by atoms with Crippen LogP contribution in [0.2, 0.25) is 0 Å². The number of aryl methyl sites for hydroxylation is 2. The zero-order chi connectivity index (χ0) is 18.1. The average molecular weight is 357 g/mol. The van der Waals surface area contributed by atoms with E-state index in [1.807, 2.05) is 31.0 Å². The molecule has 3 rings (SSSR count). The number of fused-ring (bicyclic) bond motifs is 1. The highest BCUT2D eigenvalue weighted by Gasteiger charge is 2.24. The van der Waals surface area contributed by atoms with Gasteiger partial charge in [0.2, 0.25) is 0 Å². The number of carbonyl (C=O) groups excluding carboxylic acids is 1. The first-order valence-electron chi connectivity index (χ1n) is 8.57. The SMILES string of the molecule is CCC(CC)N(C)C(=O)c1cc(-c2ccc(C)s2)nc2onc(C)c12. The molecule has 0 aliphatic carbocycles. The minimum Gasteiger partial charge on any atom is -0.339 e. The summed E-state index contributed by atoms with van der Waals surface area (Å²) < 4.78 is 5.37. The summed E-state index contributed by atoms with van der Waals surface area (Å²) in [5.74, 6) is -0.0121. The van der Waals surface area contributed by atoms with E-state index in [4.69, 9.17) is 4.52 Å². The lowest BCUT2D eigenvalue weighted by molar-refractivity contribution is 0.0725. The fraction of sp³-hybridized carbons (Fsp3) is 0.421. The van der Waals surface area contributed by atoms with Gasteiger partial charge in [-0.25, -0.2) is 4.98 Å². The van der Waals surface area contributed by atoms with E-state index in [2.05, 4.69) is 37.0 Å². The zero-order valence-electron chi connectivity index (χ0n) is 15.3. The minimum atomic E-state index is -0.0121. The third-order valence-electron chi connectivity index (χ3n) is 4.65. The van der Waals surface area contributed by atoms with Crippen molar-refractivity contribution in [2.24, 2.45) is 0 Å². The molecule has 6 heteroatoms. The lowest BCUT2D eigenvalue weighted by Gasteiger charge is -2.26. The van der Waals surface area contributed by atoms with Gasteiger partial charge in [0.05, 0.1) is 27.2 Å². The average Bonchev–Trinajstić information content (AvgIpc) is 3.20. The number of pyridine rings is 1. The Labute approximate surface area is 151 Å². The lowest BCUT2D eigenvalue weighted by atomic mass is 10.1. The molecule has 0 aromatic carbocycles. The van der Waals surface area contributed by atoms with Gasteiger partial charge in [-0.05, 0) is 44.9 Å². The molecular formula is C19H23N3O2S. The largest absolute Gasteiger partial charge is 0.339 e. The molecule has 0 aliphatic rings. The Balaban J connectivity index is 2.15. The highest BCUT2D eigenvalue weighted by atomic mass is 32.1. The van der Waals surface area contributed by atoms with Crippen molar-refractivity contribution < 1.29 is 9.32 Å². The molecular weight excluding hydrogens is 334 g/mol. The van der Waals surface area contributed by atoms with E-state index < -0.39 is 0 Å². The summed E-state index contributed by atoms with van der Waals surface area (Å²) in [6.45, 7) is 8.10. The van der Waals surface area contributed by atoms with Gasteiger partial charge in [0.1, 0.15) is 0 Å². The van der Waals surface area contributed by atoms with Crippen LogP contribution >= 0.6 is 11.3 Å². The van der Waals surface area contributed by atoms with E-state index in [0.29, 0.717) is 22.4 Å². The van der Waals surface area contributed by atoms with Crippen LogP contribution in [-0.4, -0.2) is 34.0 Å². The number of amides is 1. The maximum Gasteiger partial charge on any atom is 0.259 e. The van der Waals surface area contributed by atoms with Crippen LogP contribution in [0.25, 0.3) is 21.7 Å². The van der Waals surface area contributed by atoms with Crippen LogP contribution < -0.4 is 0 Å². The van der Waals surface area contributed by atoms with E-state index in [-0.39, 0.29) is 11.9 Å². The van der Waals surface area contributed by atoms with Crippen LogP contribution in [0.5, 0.6) is 0 Å². The second-order valence-corrected chi connectivity index (χ2v) is 7.59. The molecule has 0 N–H and O–H groups in total. The van der Waals surface area contributed by atoms with Gasteiger partial charge in [0.15, 0.2) is 0 Å². The van der Waals surface area contributed by atoms with Crippen LogP contribution in [0.4, 0.5) is 0 Å². The minimum absolute atomic E-state index is 0.0121. The first-order valence-corrected chi connectivity index (χ1v) is 9.38. The molecule has 0 unspecified atom stereocenters. The smallest absolute Gasteiger partial charge is 0.259 e. The Kier molecular flexibility index (Phi) is 4.90. The van der Waals surface area contributed by atoms with Gasteiger partial charge in [-0.3, -0.25) is 4.79 Å². The van der Waals surface area contributed by atoms with Gasteiger partial charge < -0.3 is 9.42 Å². The van der Waals surface area contributed by atoms with Crippen molar-refractivity contribution in [3.8, 4) is 10.6 Å². The Morgan fingerprint density at radius 1 is 1.28 bits per heavy atom. The topological polar surface area (TPSA) is 59.2 Å². The number of hydrogen-bond acceptors (Lipinski definition) is 5. The van der Waals surface area contributed by atoms with E-state index in [0.717, 1.165) is 23.4 Å². The summed E-state index contributed by atoms with van der Waals surface area (Å²) in [5.41, 5.74) is 2.47. The van der Waals surface area contributed by atoms with Gasteiger partial charge in [-0.1, -0.05) is 19.0 Å². The van der Waals surface area contributed by atoms with Crippen molar-refractivity contribution in [2.75, 3.05) is 7.05 Å². The lowest BCUT2D eigenvalue weighted by Crippen LogP contribution is -2.36. The third kappa shape index (κ3) is 3.18. The van der Waals surface area contributed by atoms with Crippen LogP contribution in [0.3, 0.4) is 0 Å². The fourth-order valence-corrected chi connectivity index (χ4v) is 3.98. The Bertz CT molecular complexity index is 909. The van der Waals surface area contributed by atoms with Gasteiger partial charge in [0.25, 0.3) is 11.6 Å². The monoisotopic (exact) mass is 357 g/mol.